The summed E-state index contributed by atoms with van der Waals surface area (Å²) >= 11 is 12.0. The monoisotopic (exact) mass is 285 g/mol. The van der Waals surface area contributed by atoms with Crippen LogP contribution in [0.4, 0.5) is 5.82 Å². The molecule has 1 fully saturated rings. The van der Waals surface area contributed by atoms with Crippen molar-refractivity contribution in [2.75, 3.05) is 18.4 Å². The molecule has 0 unspecified atom stereocenters. The van der Waals surface area contributed by atoms with Gasteiger partial charge in [0, 0.05) is 18.8 Å². The molecule has 5 nitrogen and oxygen atoms in total. The standard InChI is InChI=1S/C11H13Cl2N5/c12-7-5-15-9-8(7)10(18-11(13)17-9)16-6-2-1-3-14-4-6/h5-6,14H,1-4H2,(H2,15,16,17,18)/t6-/m1/s1. The second kappa shape index (κ2) is 4.91. The quantitative estimate of drug-likeness (QED) is 0.742. The van der Waals surface area contributed by atoms with Gasteiger partial charge in [-0.3, -0.25) is 0 Å². The number of hydrogen-bond donors (Lipinski definition) is 3. The molecular formula is C11H13Cl2N5. The molecule has 96 valence electrons. The first-order valence-electron chi connectivity index (χ1n) is 5.91. The molecule has 0 saturated carbocycles. The van der Waals surface area contributed by atoms with Crippen LogP contribution in [0.1, 0.15) is 12.8 Å². The van der Waals surface area contributed by atoms with Crippen molar-refractivity contribution in [3.05, 3.63) is 16.5 Å². The zero-order valence-corrected chi connectivity index (χ0v) is 11.1. The molecule has 7 heteroatoms. The van der Waals surface area contributed by atoms with Gasteiger partial charge in [-0.2, -0.15) is 9.97 Å². The molecule has 3 rings (SSSR count). The molecule has 1 atom stereocenters. The van der Waals surface area contributed by atoms with Crippen molar-refractivity contribution in [3.63, 3.8) is 0 Å². The average Bonchev–Trinajstić information content (AvgIpc) is 2.72. The summed E-state index contributed by atoms with van der Waals surface area (Å²) in [6.07, 6.45) is 3.96. The highest BCUT2D eigenvalue weighted by Crippen LogP contribution is 2.29. The van der Waals surface area contributed by atoms with E-state index < -0.39 is 0 Å². The third-order valence-corrected chi connectivity index (χ3v) is 3.56. The van der Waals surface area contributed by atoms with Gasteiger partial charge in [0.15, 0.2) is 0 Å². The largest absolute Gasteiger partial charge is 0.365 e. The maximum absolute atomic E-state index is 6.14. The summed E-state index contributed by atoms with van der Waals surface area (Å²) in [6.45, 7) is 1.99. The molecule has 0 aliphatic carbocycles. The topological polar surface area (TPSA) is 65.6 Å². The maximum atomic E-state index is 6.14. The van der Waals surface area contributed by atoms with Gasteiger partial charge in [0.2, 0.25) is 5.28 Å². The molecule has 1 aliphatic heterocycles. The van der Waals surface area contributed by atoms with Gasteiger partial charge in [-0.1, -0.05) is 11.6 Å². The molecule has 3 heterocycles. The van der Waals surface area contributed by atoms with E-state index in [1.165, 1.54) is 0 Å². The average molecular weight is 286 g/mol. The third-order valence-electron chi connectivity index (χ3n) is 3.09. The lowest BCUT2D eigenvalue weighted by molar-refractivity contribution is 0.479. The number of nitrogens with one attached hydrogen (secondary N) is 3. The van der Waals surface area contributed by atoms with Gasteiger partial charge in [-0.05, 0) is 31.0 Å². The van der Waals surface area contributed by atoms with Crippen LogP contribution >= 0.6 is 23.2 Å². The van der Waals surface area contributed by atoms with Gasteiger partial charge in [0.25, 0.3) is 0 Å². The summed E-state index contributed by atoms with van der Waals surface area (Å²) in [4.78, 5) is 11.3. The fraction of sp³-hybridized carbons (Fsp3) is 0.455. The molecule has 0 radical (unpaired) electrons. The number of aromatic amines is 1. The Bertz CT molecular complexity index is 562. The zero-order valence-electron chi connectivity index (χ0n) is 9.63. The van der Waals surface area contributed by atoms with E-state index in [0.717, 1.165) is 31.3 Å². The van der Waals surface area contributed by atoms with Crippen LogP contribution in [-0.2, 0) is 0 Å². The summed E-state index contributed by atoms with van der Waals surface area (Å²) in [5, 5.41) is 8.35. The molecular weight excluding hydrogens is 273 g/mol. The molecule has 0 spiro atoms. The van der Waals surface area contributed by atoms with E-state index >= 15 is 0 Å². The summed E-state index contributed by atoms with van der Waals surface area (Å²) in [7, 11) is 0. The lowest BCUT2D eigenvalue weighted by Crippen LogP contribution is -2.38. The van der Waals surface area contributed by atoms with Crippen LogP contribution in [0.15, 0.2) is 6.20 Å². The highest BCUT2D eigenvalue weighted by molar-refractivity contribution is 6.36. The van der Waals surface area contributed by atoms with Crippen molar-refractivity contribution in [1.82, 2.24) is 20.3 Å². The number of halogens is 2. The first kappa shape index (κ1) is 12.0. The molecule has 1 saturated heterocycles. The third kappa shape index (κ3) is 2.25. The number of H-pyrrole nitrogens is 1. The van der Waals surface area contributed by atoms with Crippen molar-refractivity contribution < 1.29 is 0 Å². The van der Waals surface area contributed by atoms with Crippen LogP contribution in [0.3, 0.4) is 0 Å². The number of anilines is 1. The van der Waals surface area contributed by atoms with Gasteiger partial charge in [-0.15, -0.1) is 0 Å². The first-order valence-corrected chi connectivity index (χ1v) is 6.67. The normalized spacial score (nSPS) is 20.2. The van der Waals surface area contributed by atoms with Crippen LogP contribution in [-0.4, -0.2) is 34.1 Å². The first-order chi connectivity index (χ1) is 8.74. The summed E-state index contributed by atoms with van der Waals surface area (Å²) in [5.74, 6) is 0.699. The second-order valence-electron chi connectivity index (χ2n) is 4.39. The Labute approximate surface area is 114 Å². The lowest BCUT2D eigenvalue weighted by atomic mass is 10.1. The van der Waals surface area contributed by atoms with Crippen molar-refractivity contribution in [1.29, 1.82) is 0 Å². The molecule has 0 amide bonds. The van der Waals surface area contributed by atoms with E-state index in [9.17, 15) is 0 Å². The van der Waals surface area contributed by atoms with Crippen molar-refractivity contribution in [2.45, 2.75) is 18.9 Å². The predicted molar refractivity (Wildman–Crippen MR) is 73.4 cm³/mol. The summed E-state index contributed by atoms with van der Waals surface area (Å²) < 4.78 is 0. The van der Waals surface area contributed by atoms with Gasteiger partial charge in [0.05, 0.1) is 10.4 Å². The van der Waals surface area contributed by atoms with Crippen LogP contribution in [0.25, 0.3) is 11.0 Å². The number of rotatable bonds is 2. The molecule has 1 aliphatic rings. The van der Waals surface area contributed by atoms with Gasteiger partial charge in [-0.25, -0.2) is 0 Å². The Morgan fingerprint density at radius 1 is 1.33 bits per heavy atom. The highest BCUT2D eigenvalue weighted by atomic mass is 35.5. The minimum absolute atomic E-state index is 0.215. The number of piperidine rings is 1. The smallest absolute Gasteiger partial charge is 0.226 e. The summed E-state index contributed by atoms with van der Waals surface area (Å²) in [6, 6.07) is 0.346. The predicted octanol–water partition coefficient (Wildman–Crippen LogP) is 2.43. The van der Waals surface area contributed by atoms with Gasteiger partial charge < -0.3 is 15.6 Å². The molecule has 0 aromatic carbocycles. The van der Waals surface area contributed by atoms with E-state index in [0.29, 0.717) is 22.5 Å². The van der Waals surface area contributed by atoms with E-state index in [-0.39, 0.29) is 5.28 Å². The highest BCUT2D eigenvalue weighted by Gasteiger charge is 2.17. The van der Waals surface area contributed by atoms with Gasteiger partial charge in [0.1, 0.15) is 11.5 Å². The van der Waals surface area contributed by atoms with E-state index in [1.54, 1.807) is 6.20 Å². The Hall–Kier alpha value is -1.04. The van der Waals surface area contributed by atoms with Crippen LogP contribution in [0.2, 0.25) is 10.3 Å². The Balaban J connectivity index is 1.96. The minimum Gasteiger partial charge on any atom is -0.365 e. The Kier molecular flexibility index (Phi) is 3.28. The Morgan fingerprint density at radius 3 is 3.00 bits per heavy atom. The van der Waals surface area contributed by atoms with E-state index in [1.807, 2.05) is 0 Å². The van der Waals surface area contributed by atoms with Gasteiger partial charge >= 0.3 is 0 Å². The van der Waals surface area contributed by atoms with Crippen molar-refractivity contribution in [2.24, 2.45) is 0 Å². The molecule has 18 heavy (non-hydrogen) atoms. The molecule has 0 bridgehead atoms. The summed E-state index contributed by atoms with van der Waals surface area (Å²) in [5.41, 5.74) is 0.659. The van der Waals surface area contributed by atoms with Crippen molar-refractivity contribution >= 4 is 40.1 Å². The van der Waals surface area contributed by atoms with Crippen LogP contribution in [0, 0.1) is 0 Å². The van der Waals surface area contributed by atoms with E-state index in [2.05, 4.69) is 25.6 Å². The number of hydrogen-bond acceptors (Lipinski definition) is 4. The lowest BCUT2D eigenvalue weighted by Gasteiger charge is -2.24. The van der Waals surface area contributed by atoms with Crippen molar-refractivity contribution in [3.8, 4) is 0 Å². The maximum Gasteiger partial charge on any atom is 0.226 e. The fourth-order valence-corrected chi connectivity index (χ4v) is 2.64. The number of fused-ring (bicyclic) bond motifs is 1. The van der Waals surface area contributed by atoms with E-state index in [4.69, 9.17) is 23.2 Å². The number of nitrogens with zero attached hydrogens (tertiary/aromatic N) is 2. The Morgan fingerprint density at radius 2 is 2.22 bits per heavy atom. The van der Waals surface area contributed by atoms with Crippen LogP contribution in [0.5, 0.6) is 0 Å². The van der Waals surface area contributed by atoms with Crippen LogP contribution < -0.4 is 10.6 Å². The minimum atomic E-state index is 0.215. The molecule has 3 N–H and O–H groups in total. The fourth-order valence-electron chi connectivity index (χ4n) is 2.24. The number of aromatic nitrogens is 3. The second-order valence-corrected chi connectivity index (χ2v) is 5.13. The molecule has 2 aromatic rings. The SMILES string of the molecule is Clc1nc(N[C@@H]2CCCNC2)c2c(Cl)c[nH]c2n1. The molecule has 2 aromatic heterocycles. The zero-order chi connectivity index (χ0) is 12.5.